The van der Waals surface area contributed by atoms with E-state index in [-0.39, 0.29) is 24.4 Å². The van der Waals surface area contributed by atoms with Gasteiger partial charge in [-0.1, -0.05) is 15.9 Å². The molecule has 0 aliphatic heterocycles. The van der Waals surface area contributed by atoms with Crippen LogP contribution < -0.4 is 15.4 Å². The highest BCUT2D eigenvalue weighted by Gasteiger charge is 2.15. The predicted octanol–water partition coefficient (Wildman–Crippen LogP) is 1.86. The second-order valence-electron chi connectivity index (χ2n) is 4.65. The Morgan fingerprint density at radius 2 is 1.80 bits per heavy atom. The first-order valence-corrected chi connectivity index (χ1v) is 7.17. The number of rotatable bonds is 6. The lowest BCUT2D eigenvalue weighted by atomic mass is 10.3. The first kappa shape index (κ1) is 16.5. The van der Waals surface area contributed by atoms with Gasteiger partial charge in [0, 0.05) is 10.5 Å². The Labute approximate surface area is 127 Å². The van der Waals surface area contributed by atoms with Crippen LogP contribution in [-0.4, -0.2) is 30.5 Å². The molecule has 1 atom stereocenters. The Bertz CT molecular complexity index is 460. The van der Waals surface area contributed by atoms with Crippen molar-refractivity contribution in [1.82, 2.24) is 10.6 Å². The standard InChI is InChI=1S/C14H19BrN2O3/c1-9(2)17-13(18)8-16-14(19)10(3)20-12-6-4-11(15)5-7-12/h4-7,9-10H,8H2,1-3H3,(H,16,19)(H,17,18). The van der Waals surface area contributed by atoms with Crippen molar-refractivity contribution in [1.29, 1.82) is 0 Å². The molecule has 110 valence electrons. The fourth-order valence-electron chi connectivity index (χ4n) is 1.45. The summed E-state index contributed by atoms with van der Waals surface area (Å²) in [5, 5.41) is 5.23. The van der Waals surface area contributed by atoms with Crippen molar-refractivity contribution in [3.63, 3.8) is 0 Å². The lowest BCUT2D eigenvalue weighted by Gasteiger charge is -2.15. The third kappa shape index (κ3) is 6.06. The van der Waals surface area contributed by atoms with Crippen LogP contribution in [0.3, 0.4) is 0 Å². The molecule has 0 fully saturated rings. The van der Waals surface area contributed by atoms with E-state index in [1.54, 1.807) is 19.1 Å². The highest BCUT2D eigenvalue weighted by Crippen LogP contribution is 2.17. The van der Waals surface area contributed by atoms with Crippen molar-refractivity contribution < 1.29 is 14.3 Å². The number of halogens is 1. The molecule has 1 aromatic rings. The third-order valence-electron chi connectivity index (χ3n) is 2.37. The van der Waals surface area contributed by atoms with Gasteiger partial charge in [-0.05, 0) is 45.0 Å². The molecule has 1 aromatic carbocycles. The van der Waals surface area contributed by atoms with Gasteiger partial charge < -0.3 is 15.4 Å². The number of carbonyl (C=O) groups is 2. The van der Waals surface area contributed by atoms with E-state index in [1.165, 1.54) is 0 Å². The summed E-state index contributed by atoms with van der Waals surface area (Å²) >= 11 is 3.32. The highest BCUT2D eigenvalue weighted by molar-refractivity contribution is 9.10. The van der Waals surface area contributed by atoms with E-state index >= 15 is 0 Å². The average Bonchev–Trinajstić information content (AvgIpc) is 2.37. The van der Waals surface area contributed by atoms with Crippen LogP contribution in [0, 0.1) is 0 Å². The fourth-order valence-corrected chi connectivity index (χ4v) is 1.72. The van der Waals surface area contributed by atoms with E-state index in [4.69, 9.17) is 4.74 Å². The largest absolute Gasteiger partial charge is 0.481 e. The van der Waals surface area contributed by atoms with Gasteiger partial charge in [0.15, 0.2) is 6.10 Å². The molecule has 0 aliphatic rings. The van der Waals surface area contributed by atoms with Gasteiger partial charge in [-0.15, -0.1) is 0 Å². The Balaban J connectivity index is 2.39. The minimum absolute atomic E-state index is 0.0505. The summed E-state index contributed by atoms with van der Waals surface area (Å²) in [6.45, 7) is 5.31. The monoisotopic (exact) mass is 342 g/mol. The van der Waals surface area contributed by atoms with Crippen LogP contribution in [0.1, 0.15) is 20.8 Å². The molecule has 0 radical (unpaired) electrons. The molecule has 0 spiro atoms. The Kier molecular flexibility index (Phi) is 6.51. The summed E-state index contributed by atoms with van der Waals surface area (Å²) in [5.74, 6) is 0.0542. The number of ether oxygens (including phenoxy) is 1. The fraction of sp³-hybridized carbons (Fsp3) is 0.429. The van der Waals surface area contributed by atoms with Gasteiger partial charge in [-0.25, -0.2) is 0 Å². The maximum atomic E-state index is 11.8. The molecule has 0 bridgehead atoms. The molecule has 0 saturated heterocycles. The zero-order valence-corrected chi connectivity index (χ0v) is 13.4. The molecule has 1 unspecified atom stereocenters. The van der Waals surface area contributed by atoms with Gasteiger partial charge >= 0.3 is 0 Å². The number of amides is 2. The van der Waals surface area contributed by atoms with E-state index in [9.17, 15) is 9.59 Å². The van der Waals surface area contributed by atoms with Gasteiger partial charge in [0.2, 0.25) is 5.91 Å². The molecule has 6 heteroatoms. The first-order chi connectivity index (χ1) is 9.38. The smallest absolute Gasteiger partial charge is 0.261 e. The Morgan fingerprint density at radius 3 is 2.35 bits per heavy atom. The molecule has 20 heavy (non-hydrogen) atoms. The van der Waals surface area contributed by atoms with Gasteiger partial charge in [-0.2, -0.15) is 0 Å². The predicted molar refractivity (Wildman–Crippen MR) is 80.5 cm³/mol. The number of hydrogen-bond donors (Lipinski definition) is 2. The van der Waals surface area contributed by atoms with Crippen molar-refractivity contribution in [2.45, 2.75) is 32.9 Å². The molecule has 0 saturated carbocycles. The lowest BCUT2D eigenvalue weighted by molar-refractivity contribution is -0.130. The minimum atomic E-state index is -0.664. The highest BCUT2D eigenvalue weighted by atomic mass is 79.9. The van der Waals surface area contributed by atoms with E-state index in [1.807, 2.05) is 26.0 Å². The molecular weight excluding hydrogens is 324 g/mol. The van der Waals surface area contributed by atoms with Crippen LogP contribution in [0.25, 0.3) is 0 Å². The summed E-state index contributed by atoms with van der Waals surface area (Å²) < 4.78 is 6.42. The Morgan fingerprint density at radius 1 is 1.20 bits per heavy atom. The van der Waals surface area contributed by atoms with E-state index in [2.05, 4.69) is 26.6 Å². The Hall–Kier alpha value is -1.56. The SMILES string of the molecule is CC(C)NC(=O)CNC(=O)C(C)Oc1ccc(Br)cc1. The van der Waals surface area contributed by atoms with E-state index in [0.717, 1.165) is 4.47 Å². The molecular formula is C14H19BrN2O3. The molecule has 5 nitrogen and oxygen atoms in total. The zero-order chi connectivity index (χ0) is 15.1. The van der Waals surface area contributed by atoms with Gasteiger partial charge in [-0.3, -0.25) is 9.59 Å². The normalized spacial score (nSPS) is 11.8. The number of carbonyl (C=O) groups excluding carboxylic acids is 2. The lowest BCUT2D eigenvalue weighted by Crippen LogP contribution is -2.43. The van der Waals surface area contributed by atoms with Crippen molar-refractivity contribution in [3.05, 3.63) is 28.7 Å². The van der Waals surface area contributed by atoms with Crippen LogP contribution in [0.15, 0.2) is 28.7 Å². The van der Waals surface area contributed by atoms with Crippen molar-refractivity contribution in [2.24, 2.45) is 0 Å². The maximum absolute atomic E-state index is 11.8. The van der Waals surface area contributed by atoms with Crippen LogP contribution in [-0.2, 0) is 9.59 Å². The summed E-state index contributed by atoms with van der Waals surface area (Å²) in [5.41, 5.74) is 0. The van der Waals surface area contributed by atoms with Gasteiger partial charge in [0.05, 0.1) is 6.54 Å². The maximum Gasteiger partial charge on any atom is 0.261 e. The molecule has 0 heterocycles. The van der Waals surface area contributed by atoms with Crippen LogP contribution >= 0.6 is 15.9 Å². The second-order valence-corrected chi connectivity index (χ2v) is 5.57. The summed E-state index contributed by atoms with van der Waals surface area (Å²) in [6.07, 6.45) is -0.664. The van der Waals surface area contributed by atoms with Crippen LogP contribution in [0.4, 0.5) is 0 Å². The molecule has 1 rings (SSSR count). The van der Waals surface area contributed by atoms with Gasteiger partial charge in [0.25, 0.3) is 5.91 Å². The first-order valence-electron chi connectivity index (χ1n) is 6.37. The number of benzene rings is 1. The molecule has 0 aromatic heterocycles. The van der Waals surface area contributed by atoms with Crippen molar-refractivity contribution >= 4 is 27.7 Å². The van der Waals surface area contributed by atoms with Gasteiger partial charge in [0.1, 0.15) is 5.75 Å². The third-order valence-corrected chi connectivity index (χ3v) is 2.90. The molecule has 0 aliphatic carbocycles. The molecule has 2 amide bonds. The quantitative estimate of drug-likeness (QED) is 0.829. The topological polar surface area (TPSA) is 67.4 Å². The average molecular weight is 343 g/mol. The van der Waals surface area contributed by atoms with Crippen molar-refractivity contribution in [3.8, 4) is 5.75 Å². The zero-order valence-electron chi connectivity index (χ0n) is 11.8. The molecule has 2 N–H and O–H groups in total. The minimum Gasteiger partial charge on any atom is -0.481 e. The van der Waals surface area contributed by atoms with Crippen LogP contribution in [0.2, 0.25) is 0 Å². The van der Waals surface area contributed by atoms with E-state index < -0.39 is 6.10 Å². The summed E-state index contributed by atoms with van der Waals surface area (Å²) in [6, 6.07) is 7.24. The number of hydrogen-bond acceptors (Lipinski definition) is 3. The van der Waals surface area contributed by atoms with E-state index in [0.29, 0.717) is 5.75 Å². The summed E-state index contributed by atoms with van der Waals surface area (Å²) in [7, 11) is 0. The number of nitrogens with one attached hydrogen (secondary N) is 2. The second kappa shape index (κ2) is 7.89. The summed E-state index contributed by atoms with van der Waals surface area (Å²) in [4.78, 5) is 23.2. The van der Waals surface area contributed by atoms with Crippen LogP contribution in [0.5, 0.6) is 5.75 Å². The van der Waals surface area contributed by atoms with Crippen molar-refractivity contribution in [2.75, 3.05) is 6.54 Å².